The zero-order valence-electron chi connectivity index (χ0n) is 21.1. The van der Waals surface area contributed by atoms with Gasteiger partial charge in [0.05, 0.1) is 0 Å². The van der Waals surface area contributed by atoms with E-state index in [0.29, 0.717) is 19.3 Å². The van der Waals surface area contributed by atoms with Crippen molar-refractivity contribution in [1.82, 2.24) is 0 Å². The summed E-state index contributed by atoms with van der Waals surface area (Å²) in [6.07, 6.45) is 1.26. The zero-order chi connectivity index (χ0) is 25.7. The monoisotopic (exact) mass is 483 g/mol. The molecule has 0 radical (unpaired) electrons. The SMILES string of the molecule is CN(C(=O)C1CC(C(=O)N(C)c2ccccc2)CC(C(=O)N(C)c2ccccc2)C1)c1ccccc1. The van der Waals surface area contributed by atoms with Crippen molar-refractivity contribution in [3.05, 3.63) is 91.0 Å². The minimum Gasteiger partial charge on any atom is -0.315 e. The van der Waals surface area contributed by atoms with Crippen molar-refractivity contribution >= 4 is 34.8 Å². The third-order valence-electron chi connectivity index (χ3n) is 7.18. The summed E-state index contributed by atoms with van der Waals surface area (Å²) in [5.74, 6) is -1.50. The molecule has 186 valence electrons. The Hall–Kier alpha value is -3.93. The van der Waals surface area contributed by atoms with Gasteiger partial charge in [0.25, 0.3) is 0 Å². The summed E-state index contributed by atoms with van der Waals surface area (Å²) in [6, 6.07) is 28.4. The Morgan fingerprint density at radius 2 is 0.694 bits per heavy atom. The number of carbonyl (C=O) groups excluding carboxylic acids is 3. The highest BCUT2D eigenvalue weighted by Gasteiger charge is 2.41. The minimum atomic E-state index is -0.430. The summed E-state index contributed by atoms with van der Waals surface area (Å²) >= 11 is 0. The average Bonchev–Trinajstić information content (AvgIpc) is 2.95. The van der Waals surface area contributed by atoms with E-state index < -0.39 is 17.8 Å². The molecule has 0 N–H and O–H groups in total. The summed E-state index contributed by atoms with van der Waals surface area (Å²) in [5, 5.41) is 0. The van der Waals surface area contributed by atoms with E-state index in [1.165, 1.54) is 0 Å². The number of carbonyl (C=O) groups is 3. The number of para-hydroxylation sites is 3. The van der Waals surface area contributed by atoms with Crippen LogP contribution in [0.1, 0.15) is 19.3 Å². The number of anilines is 3. The normalized spacial score (nSPS) is 19.2. The van der Waals surface area contributed by atoms with Gasteiger partial charge in [-0.15, -0.1) is 0 Å². The highest BCUT2D eigenvalue weighted by atomic mass is 16.2. The van der Waals surface area contributed by atoms with Gasteiger partial charge >= 0.3 is 0 Å². The summed E-state index contributed by atoms with van der Waals surface area (Å²) < 4.78 is 0. The molecule has 1 aliphatic rings. The van der Waals surface area contributed by atoms with Gasteiger partial charge in [0.1, 0.15) is 0 Å². The molecular weight excluding hydrogens is 450 g/mol. The summed E-state index contributed by atoms with van der Waals surface area (Å²) in [7, 11) is 5.27. The fourth-order valence-corrected chi connectivity index (χ4v) is 5.08. The third-order valence-corrected chi connectivity index (χ3v) is 7.18. The van der Waals surface area contributed by atoms with Crippen molar-refractivity contribution in [2.45, 2.75) is 19.3 Å². The van der Waals surface area contributed by atoms with E-state index in [4.69, 9.17) is 0 Å². The lowest BCUT2D eigenvalue weighted by Gasteiger charge is -2.37. The van der Waals surface area contributed by atoms with Gasteiger partial charge in [-0.05, 0) is 55.7 Å². The second-order valence-corrected chi connectivity index (χ2v) is 9.50. The Labute approximate surface area is 213 Å². The van der Waals surface area contributed by atoms with Gasteiger partial charge in [0, 0.05) is 56.0 Å². The first kappa shape index (κ1) is 25.2. The molecular formula is C30H33N3O3. The van der Waals surface area contributed by atoms with Gasteiger partial charge in [-0.3, -0.25) is 14.4 Å². The number of hydrogen-bond donors (Lipinski definition) is 0. The second kappa shape index (κ2) is 11.2. The summed E-state index contributed by atoms with van der Waals surface area (Å²) in [5.41, 5.74) is 2.38. The molecule has 0 spiro atoms. The largest absolute Gasteiger partial charge is 0.315 e. The molecule has 3 aromatic carbocycles. The van der Waals surface area contributed by atoms with E-state index in [1.54, 1.807) is 35.8 Å². The van der Waals surface area contributed by atoms with Crippen molar-refractivity contribution in [3.8, 4) is 0 Å². The number of nitrogens with zero attached hydrogens (tertiary/aromatic N) is 3. The van der Waals surface area contributed by atoms with Crippen LogP contribution in [0, 0.1) is 17.8 Å². The van der Waals surface area contributed by atoms with Crippen molar-refractivity contribution in [2.75, 3.05) is 35.8 Å². The van der Waals surface area contributed by atoms with Crippen molar-refractivity contribution < 1.29 is 14.4 Å². The number of benzene rings is 3. The third kappa shape index (κ3) is 5.48. The fourth-order valence-electron chi connectivity index (χ4n) is 5.08. The Morgan fingerprint density at radius 3 is 0.917 bits per heavy atom. The topological polar surface area (TPSA) is 60.9 Å². The molecule has 0 bridgehead atoms. The molecule has 0 heterocycles. The molecule has 1 fully saturated rings. The Kier molecular flexibility index (Phi) is 7.84. The van der Waals surface area contributed by atoms with Crippen molar-refractivity contribution in [1.29, 1.82) is 0 Å². The van der Waals surface area contributed by atoms with Crippen molar-refractivity contribution in [3.63, 3.8) is 0 Å². The van der Waals surface area contributed by atoms with Crippen LogP contribution in [0.5, 0.6) is 0 Å². The first-order valence-corrected chi connectivity index (χ1v) is 12.3. The number of hydrogen-bond acceptors (Lipinski definition) is 3. The molecule has 0 aromatic heterocycles. The first-order chi connectivity index (χ1) is 17.4. The second-order valence-electron chi connectivity index (χ2n) is 9.50. The Morgan fingerprint density at radius 1 is 0.472 bits per heavy atom. The number of rotatable bonds is 6. The van der Waals surface area contributed by atoms with Gasteiger partial charge in [-0.2, -0.15) is 0 Å². The average molecular weight is 484 g/mol. The fraction of sp³-hybridized carbons (Fsp3) is 0.300. The van der Waals surface area contributed by atoms with Crippen LogP contribution in [0.3, 0.4) is 0 Å². The Bertz CT molecular complexity index is 1030. The maximum Gasteiger partial charge on any atom is 0.229 e. The van der Waals surface area contributed by atoms with Crippen LogP contribution in [0.15, 0.2) is 91.0 Å². The molecule has 1 aliphatic carbocycles. The van der Waals surface area contributed by atoms with Gasteiger partial charge in [0.2, 0.25) is 17.7 Å². The quantitative estimate of drug-likeness (QED) is 0.495. The maximum absolute atomic E-state index is 13.6. The van der Waals surface area contributed by atoms with Crippen LogP contribution in [-0.4, -0.2) is 38.9 Å². The number of amides is 3. The molecule has 36 heavy (non-hydrogen) atoms. The molecule has 6 nitrogen and oxygen atoms in total. The van der Waals surface area contributed by atoms with E-state index in [-0.39, 0.29) is 17.7 Å². The van der Waals surface area contributed by atoms with Gasteiger partial charge < -0.3 is 14.7 Å². The summed E-state index contributed by atoms with van der Waals surface area (Å²) in [4.78, 5) is 45.7. The molecule has 0 saturated heterocycles. The molecule has 0 unspecified atom stereocenters. The van der Waals surface area contributed by atoms with E-state index >= 15 is 0 Å². The molecule has 0 aliphatic heterocycles. The van der Waals surface area contributed by atoms with Gasteiger partial charge in [-0.25, -0.2) is 0 Å². The smallest absolute Gasteiger partial charge is 0.229 e. The molecule has 4 rings (SSSR count). The van der Waals surface area contributed by atoms with E-state index in [0.717, 1.165) is 17.1 Å². The lowest BCUT2D eigenvalue weighted by molar-refractivity contribution is -0.131. The Balaban J connectivity index is 1.59. The predicted molar refractivity (Wildman–Crippen MR) is 144 cm³/mol. The molecule has 0 atom stereocenters. The standard InChI is InChI=1S/C30H33N3O3/c1-31(25-13-7-4-8-14-25)28(34)22-19-23(29(35)32(2)26-15-9-5-10-16-26)21-24(20-22)30(36)33(3)27-17-11-6-12-18-27/h4-18,22-24H,19-21H2,1-3H3. The zero-order valence-corrected chi connectivity index (χ0v) is 21.1. The maximum atomic E-state index is 13.6. The molecule has 6 heteroatoms. The van der Waals surface area contributed by atoms with Crippen LogP contribution >= 0.6 is 0 Å². The van der Waals surface area contributed by atoms with E-state index in [9.17, 15) is 14.4 Å². The van der Waals surface area contributed by atoms with Gasteiger partial charge in [0.15, 0.2) is 0 Å². The van der Waals surface area contributed by atoms with Gasteiger partial charge in [-0.1, -0.05) is 54.6 Å². The van der Waals surface area contributed by atoms with E-state index in [1.807, 2.05) is 91.0 Å². The van der Waals surface area contributed by atoms with Crippen molar-refractivity contribution in [2.24, 2.45) is 17.8 Å². The lowest BCUT2D eigenvalue weighted by atomic mass is 9.73. The van der Waals surface area contributed by atoms with E-state index in [2.05, 4.69) is 0 Å². The molecule has 1 saturated carbocycles. The highest BCUT2D eigenvalue weighted by molar-refractivity contribution is 6.00. The highest BCUT2D eigenvalue weighted by Crippen LogP contribution is 2.38. The molecule has 3 amide bonds. The van der Waals surface area contributed by atoms with Crippen LogP contribution in [0.2, 0.25) is 0 Å². The first-order valence-electron chi connectivity index (χ1n) is 12.3. The minimum absolute atomic E-state index is 0.0683. The summed E-state index contributed by atoms with van der Waals surface area (Å²) in [6.45, 7) is 0. The van der Waals surface area contributed by atoms with Crippen LogP contribution in [0.4, 0.5) is 17.1 Å². The predicted octanol–water partition coefficient (Wildman–Crippen LogP) is 5.01. The van der Waals surface area contributed by atoms with Crippen LogP contribution < -0.4 is 14.7 Å². The van der Waals surface area contributed by atoms with Crippen LogP contribution in [-0.2, 0) is 14.4 Å². The lowest BCUT2D eigenvalue weighted by Crippen LogP contribution is -2.46. The van der Waals surface area contributed by atoms with Crippen LogP contribution in [0.25, 0.3) is 0 Å². The molecule has 3 aromatic rings.